The average molecular weight is 337 g/mol. The molecule has 1 aromatic carbocycles. The summed E-state index contributed by atoms with van der Waals surface area (Å²) in [6.45, 7) is 4.26. The summed E-state index contributed by atoms with van der Waals surface area (Å²) in [4.78, 5) is 14.9. The minimum absolute atomic E-state index is 0. The lowest BCUT2D eigenvalue weighted by molar-refractivity contribution is -0.132. The lowest BCUT2D eigenvalue weighted by Gasteiger charge is -2.32. The molecule has 3 nitrogen and oxygen atoms in total. The summed E-state index contributed by atoms with van der Waals surface area (Å²) in [5, 5.41) is 3.45. The molecule has 128 valence electrons. The number of halogens is 1. The first-order valence-electron chi connectivity index (χ1n) is 8.87. The van der Waals surface area contributed by atoms with E-state index in [1.54, 1.807) is 0 Å². The summed E-state index contributed by atoms with van der Waals surface area (Å²) in [5.74, 6) is 0.834. The molecule has 0 aliphatic carbocycles. The predicted octanol–water partition coefficient (Wildman–Crippen LogP) is 3.74. The third-order valence-electron chi connectivity index (χ3n) is 5.33. The second-order valence-corrected chi connectivity index (χ2v) is 6.72. The number of nitrogens with one attached hydrogen (secondary N) is 1. The number of hydrogen-bond acceptors (Lipinski definition) is 2. The number of carbonyl (C=O) groups excluding carboxylic acids is 1. The van der Waals surface area contributed by atoms with Crippen LogP contribution in [0.2, 0.25) is 0 Å². The van der Waals surface area contributed by atoms with E-state index in [9.17, 15) is 4.79 Å². The zero-order valence-electron chi connectivity index (χ0n) is 14.0. The van der Waals surface area contributed by atoms with Gasteiger partial charge in [-0.25, -0.2) is 0 Å². The summed E-state index contributed by atoms with van der Waals surface area (Å²) < 4.78 is 0. The number of rotatable bonds is 5. The van der Waals surface area contributed by atoms with Gasteiger partial charge in [0, 0.05) is 31.0 Å². The molecule has 0 spiro atoms. The van der Waals surface area contributed by atoms with Crippen molar-refractivity contribution in [1.29, 1.82) is 0 Å². The van der Waals surface area contributed by atoms with Gasteiger partial charge in [0.1, 0.15) is 0 Å². The Labute approximate surface area is 146 Å². The molecule has 0 bridgehead atoms. The van der Waals surface area contributed by atoms with Crippen molar-refractivity contribution in [2.45, 2.75) is 63.5 Å². The van der Waals surface area contributed by atoms with E-state index < -0.39 is 0 Å². The molecule has 3 unspecified atom stereocenters. The van der Waals surface area contributed by atoms with Gasteiger partial charge in [0.05, 0.1) is 0 Å². The van der Waals surface area contributed by atoms with Crippen molar-refractivity contribution < 1.29 is 4.79 Å². The molecular weight excluding hydrogens is 308 g/mol. The van der Waals surface area contributed by atoms with Crippen LogP contribution in [0.3, 0.4) is 0 Å². The first-order valence-corrected chi connectivity index (χ1v) is 8.87. The number of nitrogens with zero attached hydrogens (tertiary/aromatic N) is 1. The van der Waals surface area contributed by atoms with Crippen LogP contribution in [0, 0.1) is 0 Å². The number of hydrogen-bond donors (Lipinski definition) is 1. The minimum atomic E-state index is 0. The highest BCUT2D eigenvalue weighted by molar-refractivity contribution is 5.85. The Hall–Kier alpha value is -1.06. The van der Waals surface area contributed by atoms with Crippen molar-refractivity contribution in [3.8, 4) is 0 Å². The Morgan fingerprint density at radius 2 is 2.04 bits per heavy atom. The molecule has 3 atom stereocenters. The molecule has 1 N–H and O–H groups in total. The van der Waals surface area contributed by atoms with Crippen molar-refractivity contribution in [1.82, 2.24) is 10.2 Å². The molecule has 2 heterocycles. The van der Waals surface area contributed by atoms with Crippen LogP contribution >= 0.6 is 12.4 Å². The lowest BCUT2D eigenvalue weighted by Crippen LogP contribution is -2.41. The van der Waals surface area contributed by atoms with Gasteiger partial charge in [0.2, 0.25) is 5.91 Å². The highest BCUT2D eigenvalue weighted by atomic mass is 35.5. The third kappa shape index (κ3) is 4.27. The number of amides is 1. The summed E-state index contributed by atoms with van der Waals surface area (Å²) >= 11 is 0. The van der Waals surface area contributed by atoms with E-state index in [1.165, 1.54) is 12.0 Å². The monoisotopic (exact) mass is 336 g/mol. The molecule has 23 heavy (non-hydrogen) atoms. The first kappa shape index (κ1) is 18.3. The molecule has 0 aromatic heterocycles. The second kappa shape index (κ2) is 8.70. The van der Waals surface area contributed by atoms with E-state index in [0.29, 0.717) is 30.3 Å². The van der Waals surface area contributed by atoms with Gasteiger partial charge in [-0.3, -0.25) is 4.79 Å². The van der Waals surface area contributed by atoms with Crippen LogP contribution < -0.4 is 5.32 Å². The van der Waals surface area contributed by atoms with Crippen LogP contribution in [0.25, 0.3) is 0 Å². The van der Waals surface area contributed by atoms with Gasteiger partial charge in [-0.2, -0.15) is 0 Å². The van der Waals surface area contributed by atoms with E-state index in [-0.39, 0.29) is 12.4 Å². The lowest BCUT2D eigenvalue weighted by atomic mass is 9.87. The SMILES string of the molecule is CCC(c1ccccc1)C1CCCN1C(=O)CC1CCCN1.Cl. The Kier molecular flexibility index (Phi) is 6.91. The largest absolute Gasteiger partial charge is 0.339 e. The third-order valence-corrected chi connectivity index (χ3v) is 5.33. The Balaban J connectivity index is 0.00000192. The fourth-order valence-corrected chi connectivity index (χ4v) is 4.21. The van der Waals surface area contributed by atoms with E-state index in [1.807, 2.05) is 0 Å². The molecule has 2 saturated heterocycles. The van der Waals surface area contributed by atoms with Crippen molar-refractivity contribution in [3.63, 3.8) is 0 Å². The summed E-state index contributed by atoms with van der Waals surface area (Å²) in [6, 6.07) is 11.5. The summed E-state index contributed by atoms with van der Waals surface area (Å²) in [6.07, 6.45) is 6.44. The number of carbonyl (C=O) groups is 1. The van der Waals surface area contributed by atoms with Crippen LogP contribution in [0.5, 0.6) is 0 Å². The van der Waals surface area contributed by atoms with Crippen LogP contribution in [-0.2, 0) is 4.79 Å². The van der Waals surface area contributed by atoms with Crippen LogP contribution in [0.1, 0.15) is 56.9 Å². The van der Waals surface area contributed by atoms with Gasteiger partial charge >= 0.3 is 0 Å². The van der Waals surface area contributed by atoms with Gasteiger partial charge < -0.3 is 10.2 Å². The minimum Gasteiger partial charge on any atom is -0.339 e. The van der Waals surface area contributed by atoms with Crippen LogP contribution in [-0.4, -0.2) is 36.0 Å². The van der Waals surface area contributed by atoms with E-state index in [0.717, 1.165) is 38.8 Å². The molecule has 0 saturated carbocycles. The molecule has 3 rings (SSSR count). The highest BCUT2D eigenvalue weighted by Gasteiger charge is 2.35. The van der Waals surface area contributed by atoms with Crippen molar-refractivity contribution in [2.75, 3.05) is 13.1 Å². The van der Waals surface area contributed by atoms with Gasteiger partial charge in [0.15, 0.2) is 0 Å². The molecule has 0 radical (unpaired) electrons. The molecule has 2 fully saturated rings. The zero-order chi connectivity index (χ0) is 15.4. The topological polar surface area (TPSA) is 32.3 Å². The Bertz CT molecular complexity index is 487. The smallest absolute Gasteiger partial charge is 0.224 e. The van der Waals surface area contributed by atoms with E-state index in [4.69, 9.17) is 0 Å². The van der Waals surface area contributed by atoms with Crippen LogP contribution in [0.15, 0.2) is 30.3 Å². The molecule has 1 aromatic rings. The number of likely N-dealkylation sites (tertiary alicyclic amines) is 1. The first-order chi connectivity index (χ1) is 10.8. The molecule has 2 aliphatic heterocycles. The maximum atomic E-state index is 12.7. The van der Waals surface area contributed by atoms with Gasteiger partial charge in [-0.15, -0.1) is 12.4 Å². The summed E-state index contributed by atoms with van der Waals surface area (Å²) in [5.41, 5.74) is 1.38. The standard InChI is InChI=1S/C19H28N2O.ClH/c1-2-17(15-8-4-3-5-9-15)18-11-7-13-21(18)19(22)14-16-10-6-12-20-16;/h3-5,8-9,16-18,20H,2,6-7,10-14H2,1H3;1H. The molecule has 1 amide bonds. The fourth-order valence-electron chi connectivity index (χ4n) is 4.21. The molecule has 4 heteroatoms. The van der Waals surface area contributed by atoms with Crippen molar-refractivity contribution >= 4 is 18.3 Å². The Morgan fingerprint density at radius 1 is 1.26 bits per heavy atom. The van der Waals surface area contributed by atoms with E-state index >= 15 is 0 Å². The maximum Gasteiger partial charge on any atom is 0.224 e. The van der Waals surface area contributed by atoms with Gasteiger partial charge in [-0.05, 0) is 44.2 Å². The second-order valence-electron chi connectivity index (χ2n) is 6.72. The van der Waals surface area contributed by atoms with Gasteiger partial charge in [-0.1, -0.05) is 37.3 Å². The number of benzene rings is 1. The van der Waals surface area contributed by atoms with Crippen molar-refractivity contribution in [3.05, 3.63) is 35.9 Å². The summed E-state index contributed by atoms with van der Waals surface area (Å²) in [7, 11) is 0. The molecular formula is C19H29ClN2O. The van der Waals surface area contributed by atoms with Gasteiger partial charge in [0.25, 0.3) is 0 Å². The normalized spacial score (nSPS) is 25.2. The highest BCUT2D eigenvalue weighted by Crippen LogP contribution is 2.34. The van der Waals surface area contributed by atoms with E-state index in [2.05, 4.69) is 47.5 Å². The molecule has 2 aliphatic rings. The average Bonchev–Trinajstić information content (AvgIpc) is 3.21. The maximum absolute atomic E-state index is 12.7. The van der Waals surface area contributed by atoms with Crippen LogP contribution in [0.4, 0.5) is 0 Å². The zero-order valence-corrected chi connectivity index (χ0v) is 14.9. The predicted molar refractivity (Wildman–Crippen MR) is 97.1 cm³/mol. The Morgan fingerprint density at radius 3 is 2.70 bits per heavy atom. The quantitative estimate of drug-likeness (QED) is 0.888. The van der Waals surface area contributed by atoms with Crippen molar-refractivity contribution in [2.24, 2.45) is 0 Å². The fraction of sp³-hybridized carbons (Fsp3) is 0.632.